The Morgan fingerprint density at radius 2 is 1.74 bits per heavy atom. The van der Waals surface area contributed by atoms with Gasteiger partial charge in [-0.15, -0.1) is 0 Å². The summed E-state index contributed by atoms with van der Waals surface area (Å²) in [5.74, 6) is -3.03. The van der Waals surface area contributed by atoms with Crippen LogP contribution in [-0.2, 0) is 0 Å². The zero-order valence-electron chi connectivity index (χ0n) is 9.90. The van der Waals surface area contributed by atoms with Crippen molar-refractivity contribution >= 4 is 0 Å². The molecule has 1 unspecified atom stereocenters. The zero-order chi connectivity index (χ0) is 14.0. The van der Waals surface area contributed by atoms with Crippen LogP contribution in [0.5, 0.6) is 5.75 Å². The lowest BCUT2D eigenvalue weighted by atomic mass is 10.0. The van der Waals surface area contributed by atoms with Crippen LogP contribution < -0.4 is 4.74 Å². The maximum atomic E-state index is 13.5. The van der Waals surface area contributed by atoms with Gasteiger partial charge in [0.15, 0.2) is 0 Å². The maximum absolute atomic E-state index is 13.5. The van der Waals surface area contributed by atoms with Gasteiger partial charge in [0.1, 0.15) is 29.3 Å². The summed E-state index contributed by atoms with van der Waals surface area (Å²) in [7, 11) is 1.40. The van der Waals surface area contributed by atoms with Gasteiger partial charge in [-0.05, 0) is 6.07 Å². The first kappa shape index (κ1) is 13.4. The molecule has 0 saturated carbocycles. The smallest absolute Gasteiger partial charge is 0.137 e. The van der Waals surface area contributed by atoms with Crippen molar-refractivity contribution in [2.75, 3.05) is 7.11 Å². The molecule has 19 heavy (non-hydrogen) atoms. The van der Waals surface area contributed by atoms with Gasteiger partial charge in [-0.1, -0.05) is 0 Å². The Morgan fingerprint density at radius 1 is 1.11 bits per heavy atom. The van der Waals surface area contributed by atoms with Crippen LogP contribution in [0.4, 0.5) is 13.2 Å². The molecule has 2 rings (SSSR count). The van der Waals surface area contributed by atoms with Crippen LogP contribution in [0.3, 0.4) is 0 Å². The largest absolute Gasteiger partial charge is 0.495 e. The minimum atomic E-state index is -1.59. The van der Waals surface area contributed by atoms with Crippen molar-refractivity contribution in [3.63, 3.8) is 0 Å². The molecule has 0 amide bonds. The van der Waals surface area contributed by atoms with E-state index < -0.39 is 29.1 Å². The number of aromatic nitrogens is 1. The van der Waals surface area contributed by atoms with Crippen molar-refractivity contribution in [2.24, 2.45) is 0 Å². The molecule has 1 heterocycles. The average molecular weight is 269 g/mol. The van der Waals surface area contributed by atoms with Crippen molar-refractivity contribution < 1.29 is 23.0 Å². The molecule has 0 aliphatic carbocycles. The molecule has 6 heteroatoms. The standard InChI is InChI=1S/C13H10F3NO2/c1-19-9-2-7(5-17-6-9)13(18)12-10(15)3-8(14)4-11(12)16/h2-6,13,18H,1H3. The van der Waals surface area contributed by atoms with Crippen LogP contribution in [0.15, 0.2) is 30.6 Å². The fourth-order valence-corrected chi connectivity index (χ4v) is 1.68. The summed E-state index contributed by atoms with van der Waals surface area (Å²) in [6, 6.07) is 2.41. The Morgan fingerprint density at radius 3 is 2.32 bits per heavy atom. The summed E-state index contributed by atoms with van der Waals surface area (Å²) >= 11 is 0. The quantitative estimate of drug-likeness (QED) is 0.931. The van der Waals surface area contributed by atoms with Crippen molar-refractivity contribution in [3.05, 3.63) is 59.2 Å². The van der Waals surface area contributed by atoms with Gasteiger partial charge in [-0.2, -0.15) is 0 Å². The molecule has 1 N–H and O–H groups in total. The van der Waals surface area contributed by atoms with Crippen LogP contribution in [0, 0.1) is 17.5 Å². The van der Waals surface area contributed by atoms with E-state index in [0.717, 1.165) is 0 Å². The molecular weight excluding hydrogens is 259 g/mol. The van der Waals surface area contributed by atoms with Gasteiger partial charge in [0.05, 0.1) is 18.9 Å². The zero-order valence-corrected chi connectivity index (χ0v) is 9.90. The SMILES string of the molecule is COc1cncc(C(O)c2c(F)cc(F)cc2F)c1. The molecule has 0 bridgehead atoms. The molecule has 1 atom stereocenters. The van der Waals surface area contributed by atoms with Crippen LogP contribution in [0.1, 0.15) is 17.2 Å². The number of methoxy groups -OCH3 is 1. The second-order valence-corrected chi connectivity index (χ2v) is 3.84. The molecule has 0 fully saturated rings. The summed E-state index contributed by atoms with van der Waals surface area (Å²) in [5.41, 5.74) is -0.486. The first-order valence-electron chi connectivity index (χ1n) is 5.34. The summed E-state index contributed by atoms with van der Waals surface area (Å²) in [6.07, 6.45) is 1.03. The topological polar surface area (TPSA) is 42.4 Å². The predicted molar refractivity (Wildman–Crippen MR) is 61.2 cm³/mol. The number of benzene rings is 1. The summed E-state index contributed by atoms with van der Waals surface area (Å²) in [6.45, 7) is 0. The van der Waals surface area contributed by atoms with E-state index in [2.05, 4.69) is 4.98 Å². The van der Waals surface area contributed by atoms with Crippen LogP contribution in [0.25, 0.3) is 0 Å². The van der Waals surface area contributed by atoms with Crippen molar-refractivity contribution in [1.82, 2.24) is 4.98 Å². The van der Waals surface area contributed by atoms with E-state index in [1.807, 2.05) is 0 Å². The third-order valence-electron chi connectivity index (χ3n) is 2.60. The van der Waals surface area contributed by atoms with Gasteiger partial charge in [-0.25, -0.2) is 13.2 Å². The molecule has 1 aromatic carbocycles. The molecule has 1 aromatic heterocycles. The van der Waals surface area contributed by atoms with E-state index in [1.165, 1.54) is 25.6 Å². The maximum Gasteiger partial charge on any atom is 0.137 e. The number of hydrogen-bond donors (Lipinski definition) is 1. The number of ether oxygens (including phenoxy) is 1. The number of hydrogen-bond acceptors (Lipinski definition) is 3. The minimum Gasteiger partial charge on any atom is -0.495 e. The number of halogens is 3. The molecule has 100 valence electrons. The van der Waals surface area contributed by atoms with Gasteiger partial charge >= 0.3 is 0 Å². The lowest BCUT2D eigenvalue weighted by molar-refractivity contribution is 0.207. The first-order valence-corrected chi connectivity index (χ1v) is 5.34. The van der Waals surface area contributed by atoms with Crippen LogP contribution in [-0.4, -0.2) is 17.2 Å². The highest BCUT2D eigenvalue weighted by Gasteiger charge is 2.21. The number of aliphatic hydroxyl groups excluding tert-OH is 1. The first-order chi connectivity index (χ1) is 9.02. The Balaban J connectivity index is 2.46. The number of nitrogens with zero attached hydrogens (tertiary/aromatic N) is 1. The molecule has 0 aliphatic rings. The normalized spacial score (nSPS) is 12.3. The highest BCUT2D eigenvalue weighted by Crippen LogP contribution is 2.28. The highest BCUT2D eigenvalue weighted by atomic mass is 19.1. The molecule has 0 spiro atoms. The second-order valence-electron chi connectivity index (χ2n) is 3.84. The third-order valence-corrected chi connectivity index (χ3v) is 2.60. The van der Waals surface area contributed by atoms with Crippen molar-refractivity contribution in [3.8, 4) is 5.75 Å². The molecule has 0 aliphatic heterocycles. The Kier molecular flexibility index (Phi) is 3.71. The van der Waals surface area contributed by atoms with E-state index in [4.69, 9.17) is 4.74 Å². The van der Waals surface area contributed by atoms with E-state index >= 15 is 0 Å². The Labute approximate surface area is 107 Å². The number of pyridine rings is 1. The van der Waals surface area contributed by atoms with Crippen molar-refractivity contribution in [1.29, 1.82) is 0 Å². The molecule has 0 radical (unpaired) electrons. The summed E-state index contributed by atoms with van der Waals surface area (Å²) in [4.78, 5) is 3.77. The lowest BCUT2D eigenvalue weighted by Gasteiger charge is -2.13. The molecular formula is C13H10F3NO2. The van der Waals surface area contributed by atoms with E-state index in [0.29, 0.717) is 17.9 Å². The van der Waals surface area contributed by atoms with Gasteiger partial charge in [-0.3, -0.25) is 4.98 Å². The Hall–Kier alpha value is -2.08. The predicted octanol–water partition coefficient (Wildman–Crippen LogP) is 2.59. The monoisotopic (exact) mass is 269 g/mol. The molecule has 2 aromatic rings. The van der Waals surface area contributed by atoms with Crippen LogP contribution in [0.2, 0.25) is 0 Å². The van der Waals surface area contributed by atoms with Gasteiger partial charge in [0.25, 0.3) is 0 Å². The highest BCUT2D eigenvalue weighted by molar-refractivity contribution is 5.34. The van der Waals surface area contributed by atoms with Gasteiger partial charge in [0.2, 0.25) is 0 Å². The number of aliphatic hydroxyl groups is 1. The Bertz CT molecular complexity index is 581. The fourth-order valence-electron chi connectivity index (χ4n) is 1.68. The average Bonchev–Trinajstić information content (AvgIpc) is 2.37. The van der Waals surface area contributed by atoms with Crippen molar-refractivity contribution in [2.45, 2.75) is 6.10 Å². The summed E-state index contributed by atoms with van der Waals surface area (Å²) in [5, 5.41) is 9.97. The van der Waals surface area contributed by atoms with Gasteiger partial charge in [0, 0.05) is 23.9 Å². The minimum absolute atomic E-state index is 0.142. The number of rotatable bonds is 3. The van der Waals surface area contributed by atoms with E-state index in [-0.39, 0.29) is 5.56 Å². The van der Waals surface area contributed by atoms with E-state index in [9.17, 15) is 18.3 Å². The molecule has 0 saturated heterocycles. The summed E-state index contributed by atoms with van der Waals surface area (Å²) < 4.78 is 44.8. The van der Waals surface area contributed by atoms with E-state index in [1.54, 1.807) is 0 Å². The second kappa shape index (κ2) is 5.27. The fraction of sp³-hybridized carbons (Fsp3) is 0.154. The van der Waals surface area contributed by atoms with Gasteiger partial charge < -0.3 is 9.84 Å². The van der Waals surface area contributed by atoms with Crippen LogP contribution >= 0.6 is 0 Å². The molecule has 3 nitrogen and oxygen atoms in total. The third kappa shape index (κ3) is 2.68. The lowest BCUT2D eigenvalue weighted by Crippen LogP contribution is -2.07.